The molecule has 0 aliphatic heterocycles. The molecule has 0 heterocycles. The fraction of sp³-hybridized carbons (Fsp3) is 0.562. The van der Waals surface area contributed by atoms with Crippen molar-refractivity contribution in [3.8, 4) is 6.07 Å². The molecular formula is C16H22N2. The fourth-order valence-corrected chi connectivity index (χ4v) is 2.38. The fourth-order valence-electron chi connectivity index (χ4n) is 2.38. The molecule has 1 aromatic rings. The van der Waals surface area contributed by atoms with Gasteiger partial charge in [-0.2, -0.15) is 5.26 Å². The third-order valence-corrected chi connectivity index (χ3v) is 3.77. The molecular weight excluding hydrogens is 220 g/mol. The molecule has 1 fully saturated rings. The minimum absolute atomic E-state index is 0.222. The van der Waals surface area contributed by atoms with E-state index in [1.54, 1.807) is 0 Å². The first-order valence-corrected chi connectivity index (χ1v) is 6.78. The lowest BCUT2D eigenvalue weighted by Crippen LogP contribution is -2.31. The second-order valence-corrected chi connectivity index (χ2v) is 6.06. The summed E-state index contributed by atoms with van der Waals surface area (Å²) in [5, 5.41) is 12.3. The summed E-state index contributed by atoms with van der Waals surface area (Å²) in [5.74, 6) is 0.693. The Morgan fingerprint density at radius 2 is 2.06 bits per heavy atom. The first-order valence-electron chi connectivity index (χ1n) is 6.78. The summed E-state index contributed by atoms with van der Waals surface area (Å²) in [4.78, 5) is 0. The van der Waals surface area contributed by atoms with Gasteiger partial charge >= 0.3 is 0 Å². The maximum Gasteiger partial charge on any atom is 0.0621 e. The molecule has 1 N–H and O–H groups in total. The first-order chi connectivity index (χ1) is 8.62. The van der Waals surface area contributed by atoms with Crippen LogP contribution in [0.15, 0.2) is 30.3 Å². The molecule has 0 radical (unpaired) electrons. The lowest BCUT2D eigenvalue weighted by molar-refractivity contribution is 0.316. The molecule has 1 aliphatic carbocycles. The monoisotopic (exact) mass is 242 g/mol. The minimum Gasteiger partial charge on any atom is -0.313 e. The highest BCUT2D eigenvalue weighted by Crippen LogP contribution is 2.41. The van der Waals surface area contributed by atoms with E-state index in [0.717, 1.165) is 13.0 Å². The Morgan fingerprint density at radius 1 is 1.33 bits per heavy atom. The molecule has 18 heavy (non-hydrogen) atoms. The van der Waals surface area contributed by atoms with Crippen molar-refractivity contribution in [2.75, 3.05) is 6.54 Å². The highest BCUT2D eigenvalue weighted by molar-refractivity contribution is 5.27. The molecule has 1 aromatic carbocycles. The number of nitriles is 1. The molecule has 96 valence electrons. The Hall–Kier alpha value is -1.33. The quantitative estimate of drug-likeness (QED) is 0.829. The van der Waals surface area contributed by atoms with Gasteiger partial charge in [-0.25, -0.2) is 0 Å². The molecule has 0 aromatic heterocycles. The van der Waals surface area contributed by atoms with Crippen LogP contribution in [0.2, 0.25) is 0 Å². The molecule has 2 unspecified atom stereocenters. The molecule has 0 amide bonds. The van der Waals surface area contributed by atoms with E-state index in [1.165, 1.54) is 12.0 Å². The van der Waals surface area contributed by atoms with Crippen LogP contribution in [0.3, 0.4) is 0 Å². The van der Waals surface area contributed by atoms with Crippen molar-refractivity contribution < 1.29 is 0 Å². The molecule has 2 rings (SSSR count). The van der Waals surface area contributed by atoms with Crippen LogP contribution in [0.5, 0.6) is 0 Å². The zero-order valence-corrected chi connectivity index (χ0v) is 11.3. The SMILES string of the molecule is CC(C)(CCC#N)CNC1CC1c1ccccc1. The summed E-state index contributed by atoms with van der Waals surface area (Å²) in [6.45, 7) is 5.47. The average molecular weight is 242 g/mol. The van der Waals surface area contributed by atoms with Crippen molar-refractivity contribution in [1.82, 2.24) is 5.32 Å². The van der Waals surface area contributed by atoms with Gasteiger partial charge in [0.2, 0.25) is 0 Å². The lowest BCUT2D eigenvalue weighted by Gasteiger charge is -2.24. The van der Waals surface area contributed by atoms with Gasteiger partial charge < -0.3 is 5.32 Å². The standard InChI is InChI=1S/C16H22N2/c1-16(2,9-6-10-17)12-18-15-11-14(15)13-7-4-3-5-8-13/h3-5,7-8,14-15,18H,6,9,11-12H2,1-2H3. The molecule has 0 bridgehead atoms. The zero-order chi connectivity index (χ0) is 13.0. The predicted molar refractivity (Wildman–Crippen MR) is 74.2 cm³/mol. The number of benzene rings is 1. The van der Waals surface area contributed by atoms with Gasteiger partial charge in [-0.1, -0.05) is 44.2 Å². The van der Waals surface area contributed by atoms with Gasteiger partial charge in [0.1, 0.15) is 0 Å². The highest BCUT2D eigenvalue weighted by atomic mass is 15.0. The van der Waals surface area contributed by atoms with E-state index in [2.05, 4.69) is 55.6 Å². The van der Waals surface area contributed by atoms with Gasteiger partial charge in [0, 0.05) is 24.9 Å². The van der Waals surface area contributed by atoms with E-state index < -0.39 is 0 Å². The van der Waals surface area contributed by atoms with E-state index in [4.69, 9.17) is 5.26 Å². The minimum atomic E-state index is 0.222. The smallest absolute Gasteiger partial charge is 0.0621 e. The Labute approximate surface area is 110 Å². The topological polar surface area (TPSA) is 35.8 Å². The summed E-state index contributed by atoms with van der Waals surface area (Å²) in [5.41, 5.74) is 1.67. The number of hydrogen-bond acceptors (Lipinski definition) is 2. The largest absolute Gasteiger partial charge is 0.313 e. The second kappa shape index (κ2) is 5.54. The van der Waals surface area contributed by atoms with Crippen molar-refractivity contribution in [2.24, 2.45) is 5.41 Å². The van der Waals surface area contributed by atoms with Crippen LogP contribution in [-0.4, -0.2) is 12.6 Å². The molecule has 2 nitrogen and oxygen atoms in total. The van der Waals surface area contributed by atoms with Gasteiger partial charge in [-0.15, -0.1) is 0 Å². The molecule has 0 spiro atoms. The lowest BCUT2D eigenvalue weighted by atomic mass is 9.88. The molecule has 2 atom stereocenters. The zero-order valence-electron chi connectivity index (χ0n) is 11.3. The summed E-state index contributed by atoms with van der Waals surface area (Å²) in [6, 6.07) is 13.6. The Morgan fingerprint density at radius 3 is 2.72 bits per heavy atom. The van der Waals surface area contributed by atoms with E-state index in [0.29, 0.717) is 18.4 Å². The third-order valence-electron chi connectivity index (χ3n) is 3.77. The van der Waals surface area contributed by atoms with Gasteiger partial charge in [0.15, 0.2) is 0 Å². The van der Waals surface area contributed by atoms with E-state index in [-0.39, 0.29) is 5.41 Å². The molecule has 0 saturated heterocycles. The maximum atomic E-state index is 8.64. The van der Waals surface area contributed by atoms with Crippen molar-refractivity contribution in [3.63, 3.8) is 0 Å². The Bertz CT molecular complexity index is 416. The second-order valence-electron chi connectivity index (χ2n) is 6.06. The van der Waals surface area contributed by atoms with Crippen LogP contribution >= 0.6 is 0 Å². The number of nitrogens with one attached hydrogen (secondary N) is 1. The molecule has 2 heteroatoms. The normalized spacial score (nSPS) is 22.5. The Balaban J connectivity index is 1.76. The van der Waals surface area contributed by atoms with Crippen LogP contribution in [-0.2, 0) is 0 Å². The number of rotatable bonds is 6. The number of hydrogen-bond donors (Lipinski definition) is 1. The van der Waals surface area contributed by atoms with Crippen LogP contribution in [0, 0.1) is 16.7 Å². The summed E-state index contributed by atoms with van der Waals surface area (Å²) >= 11 is 0. The highest BCUT2D eigenvalue weighted by Gasteiger charge is 2.38. The van der Waals surface area contributed by atoms with Crippen LogP contribution < -0.4 is 5.32 Å². The first kappa shape index (κ1) is 13.1. The average Bonchev–Trinajstić information content (AvgIpc) is 3.15. The molecule has 1 aliphatic rings. The van der Waals surface area contributed by atoms with Crippen LogP contribution in [0.1, 0.15) is 44.6 Å². The third kappa shape index (κ3) is 3.58. The van der Waals surface area contributed by atoms with E-state index in [1.807, 2.05) is 0 Å². The predicted octanol–water partition coefficient (Wildman–Crippen LogP) is 3.46. The van der Waals surface area contributed by atoms with E-state index >= 15 is 0 Å². The van der Waals surface area contributed by atoms with Gasteiger partial charge in [-0.3, -0.25) is 0 Å². The summed E-state index contributed by atoms with van der Waals surface area (Å²) in [7, 11) is 0. The van der Waals surface area contributed by atoms with Crippen molar-refractivity contribution in [1.29, 1.82) is 5.26 Å². The van der Waals surface area contributed by atoms with Crippen molar-refractivity contribution >= 4 is 0 Å². The summed E-state index contributed by atoms with van der Waals surface area (Å²) < 4.78 is 0. The van der Waals surface area contributed by atoms with Gasteiger partial charge in [-0.05, 0) is 23.8 Å². The number of nitrogens with zero attached hydrogens (tertiary/aromatic N) is 1. The van der Waals surface area contributed by atoms with Gasteiger partial charge in [0.25, 0.3) is 0 Å². The van der Waals surface area contributed by atoms with E-state index in [9.17, 15) is 0 Å². The van der Waals surface area contributed by atoms with Gasteiger partial charge in [0.05, 0.1) is 6.07 Å². The molecule has 1 saturated carbocycles. The summed E-state index contributed by atoms with van der Waals surface area (Å²) in [6.07, 6.45) is 2.87. The van der Waals surface area contributed by atoms with Crippen molar-refractivity contribution in [2.45, 2.75) is 45.1 Å². The Kier molecular flexibility index (Phi) is 4.04. The van der Waals surface area contributed by atoms with Crippen LogP contribution in [0.25, 0.3) is 0 Å². The van der Waals surface area contributed by atoms with Crippen molar-refractivity contribution in [3.05, 3.63) is 35.9 Å². The maximum absolute atomic E-state index is 8.64. The van der Waals surface area contributed by atoms with Crippen LogP contribution in [0.4, 0.5) is 0 Å².